The highest BCUT2D eigenvalue weighted by atomic mass is 16.2. The number of hydrogen-bond acceptors (Lipinski definition) is 3. The van der Waals surface area contributed by atoms with Crippen molar-refractivity contribution in [2.75, 3.05) is 19.6 Å². The minimum absolute atomic E-state index is 0.0215. The van der Waals surface area contributed by atoms with Crippen molar-refractivity contribution >= 4 is 5.91 Å². The Bertz CT molecular complexity index is 557. The van der Waals surface area contributed by atoms with E-state index in [1.807, 2.05) is 48.5 Å². The van der Waals surface area contributed by atoms with Crippen LogP contribution in [-0.2, 0) is 17.9 Å². The van der Waals surface area contributed by atoms with Crippen molar-refractivity contribution < 1.29 is 4.79 Å². The molecular weight excluding hydrogens is 274 g/mol. The number of hydrogen-bond donors (Lipinski definition) is 2. The molecule has 3 N–H and O–H groups in total. The number of nitrogens with one attached hydrogen (secondary N) is 1. The summed E-state index contributed by atoms with van der Waals surface area (Å²) in [4.78, 5) is 14.2. The molecule has 0 radical (unpaired) electrons. The molecule has 0 atom stereocenters. The summed E-state index contributed by atoms with van der Waals surface area (Å²) >= 11 is 0. The van der Waals surface area contributed by atoms with Crippen molar-refractivity contribution in [2.45, 2.75) is 13.1 Å². The summed E-state index contributed by atoms with van der Waals surface area (Å²) in [5.74, 6) is 0.0215. The third kappa shape index (κ3) is 5.68. The molecule has 0 saturated carbocycles. The SMILES string of the molecule is NCCN(CC(=O)NCc1ccccc1)Cc1ccccc1. The van der Waals surface area contributed by atoms with Crippen LogP contribution in [0.15, 0.2) is 60.7 Å². The van der Waals surface area contributed by atoms with Crippen LogP contribution in [0.2, 0.25) is 0 Å². The van der Waals surface area contributed by atoms with Gasteiger partial charge in [0.25, 0.3) is 0 Å². The van der Waals surface area contributed by atoms with Gasteiger partial charge < -0.3 is 11.1 Å². The van der Waals surface area contributed by atoms with Gasteiger partial charge in [-0.15, -0.1) is 0 Å². The zero-order chi connectivity index (χ0) is 15.6. The van der Waals surface area contributed by atoms with E-state index in [0.29, 0.717) is 26.2 Å². The van der Waals surface area contributed by atoms with Crippen LogP contribution < -0.4 is 11.1 Å². The fourth-order valence-corrected chi connectivity index (χ4v) is 2.29. The molecule has 0 unspecified atom stereocenters. The first-order chi connectivity index (χ1) is 10.8. The molecule has 0 saturated heterocycles. The van der Waals surface area contributed by atoms with Gasteiger partial charge in [0, 0.05) is 26.2 Å². The van der Waals surface area contributed by atoms with Crippen LogP contribution in [0.3, 0.4) is 0 Å². The van der Waals surface area contributed by atoms with Crippen molar-refractivity contribution in [1.82, 2.24) is 10.2 Å². The zero-order valence-corrected chi connectivity index (χ0v) is 12.7. The number of rotatable bonds is 8. The number of carbonyl (C=O) groups is 1. The van der Waals surface area contributed by atoms with Gasteiger partial charge in [0.2, 0.25) is 5.91 Å². The molecule has 2 rings (SSSR count). The average molecular weight is 297 g/mol. The van der Waals surface area contributed by atoms with Crippen LogP contribution >= 0.6 is 0 Å². The van der Waals surface area contributed by atoms with Crippen molar-refractivity contribution in [1.29, 1.82) is 0 Å². The maximum absolute atomic E-state index is 12.1. The molecule has 22 heavy (non-hydrogen) atoms. The fourth-order valence-electron chi connectivity index (χ4n) is 2.29. The van der Waals surface area contributed by atoms with E-state index in [1.165, 1.54) is 5.56 Å². The highest BCUT2D eigenvalue weighted by molar-refractivity contribution is 5.78. The Hall–Kier alpha value is -2.17. The minimum atomic E-state index is 0.0215. The Morgan fingerprint density at radius 2 is 1.55 bits per heavy atom. The van der Waals surface area contributed by atoms with E-state index < -0.39 is 0 Å². The average Bonchev–Trinajstić information content (AvgIpc) is 2.55. The highest BCUT2D eigenvalue weighted by Crippen LogP contribution is 2.04. The van der Waals surface area contributed by atoms with Gasteiger partial charge >= 0.3 is 0 Å². The quantitative estimate of drug-likeness (QED) is 0.780. The Morgan fingerprint density at radius 3 is 2.14 bits per heavy atom. The molecule has 1 amide bonds. The van der Waals surface area contributed by atoms with E-state index in [9.17, 15) is 4.79 Å². The summed E-state index contributed by atoms with van der Waals surface area (Å²) in [6, 6.07) is 20.0. The largest absolute Gasteiger partial charge is 0.351 e. The van der Waals surface area contributed by atoms with Crippen LogP contribution in [0.4, 0.5) is 0 Å². The zero-order valence-electron chi connectivity index (χ0n) is 12.7. The second-order valence-corrected chi connectivity index (χ2v) is 5.25. The lowest BCUT2D eigenvalue weighted by atomic mass is 10.2. The molecule has 0 fully saturated rings. The predicted molar refractivity (Wildman–Crippen MR) is 89.1 cm³/mol. The van der Waals surface area contributed by atoms with E-state index in [-0.39, 0.29) is 5.91 Å². The first-order valence-corrected chi connectivity index (χ1v) is 7.55. The van der Waals surface area contributed by atoms with E-state index in [1.54, 1.807) is 0 Å². The first-order valence-electron chi connectivity index (χ1n) is 7.55. The second-order valence-electron chi connectivity index (χ2n) is 5.25. The first kappa shape index (κ1) is 16.2. The highest BCUT2D eigenvalue weighted by Gasteiger charge is 2.10. The van der Waals surface area contributed by atoms with Crippen molar-refractivity contribution in [3.05, 3.63) is 71.8 Å². The Morgan fingerprint density at radius 1 is 0.955 bits per heavy atom. The smallest absolute Gasteiger partial charge is 0.234 e. The molecule has 0 aromatic heterocycles. The number of carbonyl (C=O) groups excluding carboxylic acids is 1. The van der Waals surface area contributed by atoms with Crippen LogP contribution in [0.5, 0.6) is 0 Å². The van der Waals surface area contributed by atoms with Crippen LogP contribution in [0.25, 0.3) is 0 Å². The van der Waals surface area contributed by atoms with E-state index in [0.717, 1.165) is 12.1 Å². The molecule has 0 bridgehead atoms. The third-order valence-corrected chi connectivity index (χ3v) is 3.39. The van der Waals surface area contributed by atoms with Gasteiger partial charge in [-0.05, 0) is 11.1 Å². The molecule has 4 nitrogen and oxygen atoms in total. The number of nitrogens with two attached hydrogens (primary N) is 1. The molecule has 0 aliphatic rings. The maximum atomic E-state index is 12.1. The monoisotopic (exact) mass is 297 g/mol. The Labute approximate surface area is 131 Å². The maximum Gasteiger partial charge on any atom is 0.234 e. The van der Waals surface area contributed by atoms with Gasteiger partial charge in [0.15, 0.2) is 0 Å². The number of amides is 1. The summed E-state index contributed by atoms with van der Waals surface area (Å²) in [5.41, 5.74) is 7.94. The Balaban J connectivity index is 1.83. The molecule has 0 aliphatic heterocycles. The molecule has 0 aliphatic carbocycles. The van der Waals surface area contributed by atoms with E-state index in [4.69, 9.17) is 5.73 Å². The summed E-state index contributed by atoms with van der Waals surface area (Å²) < 4.78 is 0. The van der Waals surface area contributed by atoms with Crippen LogP contribution in [0, 0.1) is 0 Å². The van der Waals surface area contributed by atoms with Crippen LogP contribution in [0.1, 0.15) is 11.1 Å². The second kappa shape index (κ2) is 8.97. The van der Waals surface area contributed by atoms with E-state index >= 15 is 0 Å². The molecule has 2 aromatic carbocycles. The predicted octanol–water partition coefficient (Wildman–Crippen LogP) is 1.76. The minimum Gasteiger partial charge on any atom is -0.351 e. The van der Waals surface area contributed by atoms with Crippen molar-refractivity contribution in [3.8, 4) is 0 Å². The number of benzene rings is 2. The Kier molecular flexibility index (Phi) is 6.61. The molecule has 116 valence electrons. The molecular formula is C18H23N3O. The van der Waals surface area contributed by atoms with Gasteiger partial charge in [-0.1, -0.05) is 60.7 Å². The fraction of sp³-hybridized carbons (Fsp3) is 0.278. The molecule has 0 heterocycles. The van der Waals surface area contributed by atoms with Gasteiger partial charge in [-0.2, -0.15) is 0 Å². The lowest BCUT2D eigenvalue weighted by molar-refractivity contribution is -0.122. The normalized spacial score (nSPS) is 10.6. The van der Waals surface area contributed by atoms with Gasteiger partial charge in [-0.25, -0.2) is 0 Å². The van der Waals surface area contributed by atoms with Crippen molar-refractivity contribution in [2.24, 2.45) is 5.73 Å². The lowest BCUT2D eigenvalue weighted by Crippen LogP contribution is -2.39. The lowest BCUT2D eigenvalue weighted by Gasteiger charge is -2.21. The summed E-state index contributed by atoms with van der Waals surface area (Å²) in [5, 5.41) is 2.95. The summed E-state index contributed by atoms with van der Waals surface area (Å²) in [6.07, 6.45) is 0. The summed E-state index contributed by atoms with van der Waals surface area (Å²) in [7, 11) is 0. The van der Waals surface area contributed by atoms with E-state index in [2.05, 4.69) is 22.3 Å². The standard InChI is InChI=1S/C18H23N3O/c19-11-12-21(14-17-9-5-2-6-10-17)15-18(22)20-13-16-7-3-1-4-8-16/h1-10H,11-15,19H2,(H,20,22). The third-order valence-electron chi connectivity index (χ3n) is 3.39. The topological polar surface area (TPSA) is 58.4 Å². The summed E-state index contributed by atoms with van der Waals surface area (Å²) in [6.45, 7) is 2.89. The number of nitrogens with zero attached hydrogens (tertiary/aromatic N) is 1. The molecule has 0 spiro atoms. The van der Waals surface area contributed by atoms with Crippen LogP contribution in [-0.4, -0.2) is 30.4 Å². The van der Waals surface area contributed by atoms with Crippen molar-refractivity contribution in [3.63, 3.8) is 0 Å². The van der Waals surface area contributed by atoms with Gasteiger partial charge in [0.1, 0.15) is 0 Å². The molecule has 4 heteroatoms. The van der Waals surface area contributed by atoms with Gasteiger partial charge in [0.05, 0.1) is 6.54 Å². The molecule has 2 aromatic rings. The van der Waals surface area contributed by atoms with Gasteiger partial charge in [-0.3, -0.25) is 9.69 Å².